The second kappa shape index (κ2) is 3.24. The molecule has 1 atom stereocenters. The van der Waals surface area contributed by atoms with E-state index >= 15 is 0 Å². The number of rotatable bonds is 2. The maximum Gasteiger partial charge on any atom is 0.177 e. The van der Waals surface area contributed by atoms with E-state index in [9.17, 15) is 4.79 Å². The highest BCUT2D eigenvalue weighted by Gasteiger charge is 2.31. The van der Waals surface area contributed by atoms with Crippen LogP contribution in [0.2, 0.25) is 0 Å². The average Bonchev–Trinajstić information content (AvgIpc) is 2.56. The molecule has 0 N–H and O–H groups in total. The first kappa shape index (κ1) is 8.91. The maximum absolute atomic E-state index is 11.8. The van der Waals surface area contributed by atoms with Crippen molar-refractivity contribution in [2.24, 2.45) is 5.92 Å². The number of hydrogen-bond donors (Lipinski definition) is 0. The van der Waals surface area contributed by atoms with Crippen molar-refractivity contribution in [3.63, 3.8) is 0 Å². The molecule has 2 rings (SSSR count). The number of hydrogen-bond acceptors (Lipinski definition) is 3. The summed E-state index contributed by atoms with van der Waals surface area (Å²) < 4.78 is 0. The van der Waals surface area contributed by atoms with Crippen LogP contribution in [-0.4, -0.2) is 31.3 Å². The van der Waals surface area contributed by atoms with E-state index in [1.165, 1.54) is 5.56 Å². The summed E-state index contributed by atoms with van der Waals surface area (Å²) in [6.07, 6.45) is 0.940. The zero-order chi connectivity index (χ0) is 9.42. The van der Waals surface area contributed by atoms with Crippen LogP contribution in [0.4, 0.5) is 0 Å². The van der Waals surface area contributed by atoms with Crippen molar-refractivity contribution < 1.29 is 4.79 Å². The largest absolute Gasteiger partial charge is 0.309 e. The minimum atomic E-state index is 0.206. The number of nitrogens with zero attached hydrogens (tertiary/aromatic N) is 1. The van der Waals surface area contributed by atoms with Gasteiger partial charge in [-0.05, 0) is 37.5 Å². The fourth-order valence-corrected chi connectivity index (χ4v) is 2.80. The first-order chi connectivity index (χ1) is 6.18. The summed E-state index contributed by atoms with van der Waals surface area (Å²) in [4.78, 5) is 14.9. The van der Waals surface area contributed by atoms with Gasteiger partial charge in [0.25, 0.3) is 0 Å². The number of carbonyl (C=O) groups is 1. The van der Waals surface area contributed by atoms with Gasteiger partial charge in [0.1, 0.15) is 0 Å². The number of thiophene rings is 1. The second-order valence-corrected chi connectivity index (χ2v) is 4.72. The summed E-state index contributed by atoms with van der Waals surface area (Å²) in [5.41, 5.74) is 1.25. The van der Waals surface area contributed by atoms with E-state index in [1.807, 2.05) is 19.5 Å². The van der Waals surface area contributed by atoms with E-state index in [4.69, 9.17) is 0 Å². The predicted molar refractivity (Wildman–Crippen MR) is 54.4 cm³/mol. The third-order valence-corrected chi connectivity index (χ3v) is 3.36. The van der Waals surface area contributed by atoms with Crippen LogP contribution >= 0.6 is 11.3 Å². The Labute approximate surface area is 82.2 Å². The second-order valence-electron chi connectivity index (χ2n) is 3.80. The van der Waals surface area contributed by atoms with Crippen LogP contribution < -0.4 is 0 Å². The van der Waals surface area contributed by atoms with Crippen molar-refractivity contribution in [3.05, 3.63) is 21.9 Å². The van der Waals surface area contributed by atoms with E-state index < -0.39 is 0 Å². The van der Waals surface area contributed by atoms with E-state index in [0.717, 1.165) is 17.8 Å². The molecular formula is C10H13NOS. The van der Waals surface area contributed by atoms with E-state index in [2.05, 4.69) is 11.0 Å². The SMILES string of the molecule is CN(C)C[C@H]1Cc2ccsc2C1=O. The molecule has 0 aromatic carbocycles. The van der Waals surface area contributed by atoms with Gasteiger partial charge in [0.15, 0.2) is 5.78 Å². The Morgan fingerprint density at radius 1 is 1.62 bits per heavy atom. The fraction of sp³-hybridized carbons (Fsp3) is 0.500. The molecule has 1 aromatic rings. The molecule has 0 saturated heterocycles. The summed E-state index contributed by atoms with van der Waals surface area (Å²) >= 11 is 1.58. The van der Waals surface area contributed by atoms with E-state index in [0.29, 0.717) is 5.78 Å². The minimum absolute atomic E-state index is 0.206. The first-order valence-electron chi connectivity index (χ1n) is 4.44. The monoisotopic (exact) mass is 195 g/mol. The molecule has 1 heterocycles. The molecule has 1 aliphatic carbocycles. The van der Waals surface area contributed by atoms with Crippen molar-refractivity contribution in [2.45, 2.75) is 6.42 Å². The topological polar surface area (TPSA) is 20.3 Å². The molecule has 13 heavy (non-hydrogen) atoms. The molecule has 0 fully saturated rings. The average molecular weight is 195 g/mol. The van der Waals surface area contributed by atoms with Crippen LogP contribution in [0.25, 0.3) is 0 Å². The maximum atomic E-state index is 11.8. The van der Waals surface area contributed by atoms with Crippen molar-refractivity contribution in [1.82, 2.24) is 4.90 Å². The Morgan fingerprint density at radius 2 is 2.38 bits per heavy atom. The molecule has 1 aromatic heterocycles. The van der Waals surface area contributed by atoms with Crippen LogP contribution in [0, 0.1) is 5.92 Å². The molecule has 70 valence electrons. The molecule has 0 amide bonds. The molecule has 0 unspecified atom stereocenters. The lowest BCUT2D eigenvalue weighted by molar-refractivity contribution is 0.0920. The van der Waals surface area contributed by atoms with Crippen LogP contribution in [0.1, 0.15) is 15.2 Å². The van der Waals surface area contributed by atoms with Crippen LogP contribution in [0.5, 0.6) is 0 Å². The molecule has 0 aliphatic heterocycles. The summed E-state index contributed by atoms with van der Waals surface area (Å²) in [5.74, 6) is 0.552. The summed E-state index contributed by atoms with van der Waals surface area (Å²) in [6, 6.07) is 2.08. The Bertz CT molecular complexity index is 329. The van der Waals surface area contributed by atoms with E-state index in [-0.39, 0.29) is 5.92 Å². The van der Waals surface area contributed by atoms with Gasteiger partial charge in [-0.15, -0.1) is 11.3 Å². The lowest BCUT2D eigenvalue weighted by Gasteiger charge is -2.13. The molecule has 0 saturated carbocycles. The molecule has 3 heteroatoms. The molecular weight excluding hydrogens is 182 g/mol. The molecule has 1 aliphatic rings. The summed E-state index contributed by atoms with van der Waals surface area (Å²) in [6.45, 7) is 0.875. The summed E-state index contributed by atoms with van der Waals surface area (Å²) in [7, 11) is 4.03. The Kier molecular flexibility index (Phi) is 2.22. The highest BCUT2D eigenvalue weighted by molar-refractivity contribution is 7.12. The zero-order valence-corrected chi connectivity index (χ0v) is 8.73. The van der Waals surface area contributed by atoms with Crippen LogP contribution in [0.3, 0.4) is 0 Å². The lowest BCUT2D eigenvalue weighted by Crippen LogP contribution is -2.25. The van der Waals surface area contributed by atoms with Gasteiger partial charge in [0, 0.05) is 12.5 Å². The molecule has 0 spiro atoms. The van der Waals surface area contributed by atoms with Crippen molar-refractivity contribution in [2.75, 3.05) is 20.6 Å². The number of ketones is 1. The van der Waals surface area contributed by atoms with Gasteiger partial charge in [-0.1, -0.05) is 0 Å². The zero-order valence-electron chi connectivity index (χ0n) is 7.91. The van der Waals surface area contributed by atoms with Gasteiger partial charge in [-0.2, -0.15) is 0 Å². The summed E-state index contributed by atoms with van der Waals surface area (Å²) in [5, 5.41) is 2.01. The first-order valence-corrected chi connectivity index (χ1v) is 5.31. The predicted octanol–water partition coefficient (Wildman–Crippen LogP) is 1.66. The number of carbonyl (C=O) groups excluding carboxylic acids is 1. The normalized spacial score (nSPS) is 21.2. The van der Waals surface area contributed by atoms with Crippen molar-refractivity contribution in [1.29, 1.82) is 0 Å². The molecule has 0 radical (unpaired) electrons. The van der Waals surface area contributed by atoms with Gasteiger partial charge < -0.3 is 4.90 Å². The lowest BCUT2D eigenvalue weighted by atomic mass is 10.1. The highest BCUT2D eigenvalue weighted by Crippen LogP contribution is 2.31. The standard InChI is InChI=1S/C10H13NOS/c1-11(2)6-8-5-7-3-4-13-10(7)9(8)12/h3-4,8H,5-6H2,1-2H3/t8-/m1/s1. The van der Waals surface area contributed by atoms with Gasteiger partial charge >= 0.3 is 0 Å². The molecule has 2 nitrogen and oxygen atoms in total. The Morgan fingerprint density at radius 3 is 3.00 bits per heavy atom. The van der Waals surface area contributed by atoms with Gasteiger partial charge in [-0.25, -0.2) is 0 Å². The minimum Gasteiger partial charge on any atom is -0.309 e. The Balaban J connectivity index is 2.15. The third kappa shape index (κ3) is 1.54. The van der Waals surface area contributed by atoms with Gasteiger partial charge in [-0.3, -0.25) is 4.79 Å². The fourth-order valence-electron chi connectivity index (χ4n) is 1.84. The van der Waals surface area contributed by atoms with Crippen LogP contribution in [0.15, 0.2) is 11.4 Å². The number of Topliss-reactive ketones (excluding diaryl/α,β-unsaturated/α-hetero) is 1. The quantitative estimate of drug-likeness (QED) is 0.715. The highest BCUT2D eigenvalue weighted by atomic mass is 32.1. The number of fused-ring (bicyclic) bond motifs is 1. The Hall–Kier alpha value is -0.670. The van der Waals surface area contributed by atoms with Gasteiger partial charge in [0.05, 0.1) is 4.88 Å². The van der Waals surface area contributed by atoms with Crippen molar-refractivity contribution in [3.8, 4) is 0 Å². The van der Waals surface area contributed by atoms with E-state index in [1.54, 1.807) is 11.3 Å². The van der Waals surface area contributed by atoms with Gasteiger partial charge in [0.2, 0.25) is 0 Å². The smallest absolute Gasteiger partial charge is 0.177 e. The molecule has 0 bridgehead atoms. The third-order valence-electron chi connectivity index (χ3n) is 2.39. The van der Waals surface area contributed by atoms with Crippen molar-refractivity contribution >= 4 is 17.1 Å². The van der Waals surface area contributed by atoms with Crippen LogP contribution in [-0.2, 0) is 6.42 Å².